The standard InChI is InChI=1S/C13H17N3OS/c1-3-4-7-14-13(17)11-9-10(15-16(11)2)12-6-5-8-18-12/h5-6,8-9H,3-4,7H2,1-2H3,(H,14,17). The summed E-state index contributed by atoms with van der Waals surface area (Å²) in [6.07, 6.45) is 2.08. The van der Waals surface area contributed by atoms with Crippen LogP contribution in [0.5, 0.6) is 0 Å². The van der Waals surface area contributed by atoms with Crippen LogP contribution in [0.1, 0.15) is 30.3 Å². The molecule has 2 aromatic heterocycles. The van der Waals surface area contributed by atoms with Gasteiger partial charge in [-0.15, -0.1) is 11.3 Å². The number of hydrogen-bond acceptors (Lipinski definition) is 3. The second-order valence-corrected chi connectivity index (χ2v) is 5.07. The SMILES string of the molecule is CCCCNC(=O)c1cc(-c2cccs2)nn1C. The molecule has 5 heteroatoms. The van der Waals surface area contributed by atoms with Crippen molar-refractivity contribution < 1.29 is 4.79 Å². The lowest BCUT2D eigenvalue weighted by atomic mass is 10.3. The zero-order chi connectivity index (χ0) is 13.0. The van der Waals surface area contributed by atoms with E-state index < -0.39 is 0 Å². The highest BCUT2D eigenvalue weighted by atomic mass is 32.1. The van der Waals surface area contributed by atoms with Gasteiger partial charge in [0.25, 0.3) is 5.91 Å². The molecule has 0 aromatic carbocycles. The molecule has 0 aliphatic carbocycles. The number of carbonyl (C=O) groups excluding carboxylic acids is 1. The Bertz CT molecular complexity index is 516. The van der Waals surface area contributed by atoms with E-state index in [1.165, 1.54) is 0 Å². The van der Waals surface area contributed by atoms with Crippen molar-refractivity contribution >= 4 is 17.2 Å². The molecule has 0 aliphatic rings. The Morgan fingerprint density at radius 2 is 2.39 bits per heavy atom. The number of unbranched alkanes of at least 4 members (excludes halogenated alkanes) is 1. The molecule has 0 aliphatic heterocycles. The number of carbonyl (C=O) groups is 1. The molecule has 4 nitrogen and oxygen atoms in total. The third-order valence-corrected chi connectivity index (χ3v) is 3.59. The van der Waals surface area contributed by atoms with Crippen LogP contribution in [0.3, 0.4) is 0 Å². The van der Waals surface area contributed by atoms with Gasteiger partial charge in [-0.3, -0.25) is 9.48 Å². The van der Waals surface area contributed by atoms with Crippen molar-refractivity contribution in [1.82, 2.24) is 15.1 Å². The van der Waals surface area contributed by atoms with Crippen LogP contribution in [-0.4, -0.2) is 22.2 Å². The van der Waals surface area contributed by atoms with Crippen molar-refractivity contribution in [2.45, 2.75) is 19.8 Å². The van der Waals surface area contributed by atoms with Gasteiger partial charge in [0.05, 0.1) is 4.88 Å². The molecule has 0 saturated heterocycles. The quantitative estimate of drug-likeness (QED) is 0.843. The van der Waals surface area contributed by atoms with Gasteiger partial charge in [0.2, 0.25) is 0 Å². The van der Waals surface area contributed by atoms with Crippen molar-refractivity contribution in [3.63, 3.8) is 0 Å². The number of aryl methyl sites for hydroxylation is 1. The molecule has 1 N–H and O–H groups in total. The van der Waals surface area contributed by atoms with E-state index in [1.807, 2.05) is 23.6 Å². The number of amides is 1. The maximum absolute atomic E-state index is 12.0. The number of rotatable bonds is 5. The molecule has 0 unspecified atom stereocenters. The highest BCUT2D eigenvalue weighted by Crippen LogP contribution is 2.23. The third kappa shape index (κ3) is 2.79. The summed E-state index contributed by atoms with van der Waals surface area (Å²) in [5, 5.41) is 9.28. The van der Waals surface area contributed by atoms with E-state index in [1.54, 1.807) is 23.1 Å². The van der Waals surface area contributed by atoms with Gasteiger partial charge in [0.1, 0.15) is 11.4 Å². The van der Waals surface area contributed by atoms with Crippen molar-refractivity contribution in [3.05, 3.63) is 29.3 Å². The van der Waals surface area contributed by atoms with Crippen LogP contribution in [0.15, 0.2) is 23.6 Å². The first-order chi connectivity index (χ1) is 8.72. The van der Waals surface area contributed by atoms with Crippen LogP contribution in [0, 0.1) is 0 Å². The Kier molecular flexibility index (Phi) is 4.15. The second-order valence-electron chi connectivity index (χ2n) is 4.13. The first-order valence-electron chi connectivity index (χ1n) is 6.08. The summed E-state index contributed by atoms with van der Waals surface area (Å²) in [5.74, 6) is -0.0544. The van der Waals surface area contributed by atoms with Gasteiger partial charge in [0.15, 0.2) is 0 Å². The zero-order valence-electron chi connectivity index (χ0n) is 10.6. The number of nitrogens with one attached hydrogen (secondary N) is 1. The van der Waals surface area contributed by atoms with Gasteiger partial charge in [-0.25, -0.2) is 0 Å². The topological polar surface area (TPSA) is 46.9 Å². The molecule has 2 rings (SSSR count). The number of nitrogens with zero attached hydrogens (tertiary/aromatic N) is 2. The molecule has 2 aromatic rings. The summed E-state index contributed by atoms with van der Waals surface area (Å²) in [5.41, 5.74) is 1.46. The van der Waals surface area contributed by atoms with Crippen LogP contribution >= 0.6 is 11.3 Å². The van der Waals surface area contributed by atoms with Crippen LogP contribution in [0.25, 0.3) is 10.6 Å². The van der Waals surface area contributed by atoms with Crippen molar-refractivity contribution in [3.8, 4) is 10.6 Å². The van der Waals surface area contributed by atoms with Crippen LogP contribution in [0.2, 0.25) is 0 Å². The first-order valence-corrected chi connectivity index (χ1v) is 6.96. The second kappa shape index (κ2) is 5.82. The fraction of sp³-hybridized carbons (Fsp3) is 0.385. The van der Waals surface area contributed by atoms with Gasteiger partial charge in [-0.2, -0.15) is 5.10 Å². The third-order valence-electron chi connectivity index (χ3n) is 2.70. The normalized spacial score (nSPS) is 10.6. The summed E-state index contributed by atoms with van der Waals surface area (Å²) >= 11 is 1.62. The van der Waals surface area contributed by atoms with Crippen molar-refractivity contribution in [2.75, 3.05) is 6.54 Å². The summed E-state index contributed by atoms with van der Waals surface area (Å²) < 4.78 is 1.64. The molecule has 0 fully saturated rings. The molecule has 96 valence electrons. The number of thiophene rings is 1. The molecule has 2 heterocycles. The monoisotopic (exact) mass is 263 g/mol. The maximum atomic E-state index is 12.0. The van der Waals surface area contributed by atoms with Crippen molar-refractivity contribution in [1.29, 1.82) is 0 Å². The van der Waals surface area contributed by atoms with E-state index in [4.69, 9.17) is 0 Å². The average Bonchev–Trinajstić information content (AvgIpc) is 2.97. The van der Waals surface area contributed by atoms with E-state index in [-0.39, 0.29) is 5.91 Å². The Hall–Kier alpha value is -1.62. The minimum atomic E-state index is -0.0544. The van der Waals surface area contributed by atoms with E-state index in [0.29, 0.717) is 5.69 Å². The molecule has 0 radical (unpaired) electrons. The number of hydrogen-bond donors (Lipinski definition) is 1. The van der Waals surface area contributed by atoms with Gasteiger partial charge in [-0.05, 0) is 23.9 Å². The first kappa shape index (κ1) is 12.8. The largest absolute Gasteiger partial charge is 0.351 e. The predicted octanol–water partition coefficient (Wildman–Crippen LogP) is 2.68. The van der Waals surface area contributed by atoms with E-state index in [0.717, 1.165) is 30.0 Å². The van der Waals surface area contributed by atoms with Gasteiger partial charge < -0.3 is 5.32 Å². The smallest absolute Gasteiger partial charge is 0.269 e. The van der Waals surface area contributed by atoms with E-state index >= 15 is 0 Å². The highest BCUT2D eigenvalue weighted by molar-refractivity contribution is 7.13. The van der Waals surface area contributed by atoms with Crippen LogP contribution in [-0.2, 0) is 7.05 Å². The Balaban J connectivity index is 2.12. The van der Waals surface area contributed by atoms with Gasteiger partial charge in [0, 0.05) is 13.6 Å². The maximum Gasteiger partial charge on any atom is 0.269 e. The van der Waals surface area contributed by atoms with Gasteiger partial charge >= 0.3 is 0 Å². The minimum Gasteiger partial charge on any atom is -0.351 e. The molecule has 0 spiro atoms. The lowest BCUT2D eigenvalue weighted by Gasteiger charge is -2.03. The summed E-state index contributed by atoms with van der Waals surface area (Å²) in [7, 11) is 1.80. The molecule has 0 bridgehead atoms. The average molecular weight is 263 g/mol. The van der Waals surface area contributed by atoms with Crippen LogP contribution < -0.4 is 5.32 Å². The van der Waals surface area contributed by atoms with Gasteiger partial charge in [-0.1, -0.05) is 19.4 Å². The molecule has 0 atom stereocenters. The predicted molar refractivity (Wildman–Crippen MR) is 73.8 cm³/mol. The highest BCUT2D eigenvalue weighted by Gasteiger charge is 2.13. The molecular formula is C13H17N3OS. The minimum absolute atomic E-state index is 0.0544. The Morgan fingerprint density at radius 3 is 3.06 bits per heavy atom. The summed E-state index contributed by atoms with van der Waals surface area (Å²) in [6, 6.07) is 5.83. The fourth-order valence-electron chi connectivity index (χ4n) is 1.69. The Morgan fingerprint density at radius 1 is 1.56 bits per heavy atom. The van der Waals surface area contributed by atoms with Crippen LogP contribution in [0.4, 0.5) is 0 Å². The Labute approximate surface area is 111 Å². The lowest BCUT2D eigenvalue weighted by molar-refractivity contribution is 0.0944. The zero-order valence-corrected chi connectivity index (χ0v) is 11.5. The van der Waals surface area contributed by atoms with E-state index in [9.17, 15) is 4.79 Å². The summed E-state index contributed by atoms with van der Waals surface area (Å²) in [4.78, 5) is 13.0. The molecular weight excluding hydrogens is 246 g/mol. The number of aromatic nitrogens is 2. The summed E-state index contributed by atoms with van der Waals surface area (Å²) in [6.45, 7) is 2.82. The van der Waals surface area contributed by atoms with E-state index in [2.05, 4.69) is 17.3 Å². The fourth-order valence-corrected chi connectivity index (χ4v) is 2.38. The molecule has 0 saturated carbocycles. The molecule has 1 amide bonds. The lowest BCUT2D eigenvalue weighted by Crippen LogP contribution is -2.26. The van der Waals surface area contributed by atoms with Crippen molar-refractivity contribution in [2.24, 2.45) is 7.05 Å². The molecule has 18 heavy (non-hydrogen) atoms.